The Labute approximate surface area is 195 Å². The fraction of sp³-hybridized carbons (Fsp3) is 0.250. The molecule has 3 aromatic rings. The van der Waals surface area contributed by atoms with Crippen molar-refractivity contribution in [3.8, 4) is 11.6 Å². The third-order valence-electron chi connectivity index (χ3n) is 5.47. The van der Waals surface area contributed by atoms with E-state index in [-0.39, 0.29) is 35.2 Å². The van der Waals surface area contributed by atoms with Crippen molar-refractivity contribution in [2.75, 3.05) is 32.7 Å². The number of nitrogens with zero attached hydrogens (tertiary/aromatic N) is 4. The second-order valence-electron chi connectivity index (χ2n) is 7.88. The minimum Gasteiger partial charge on any atom is -0.493 e. The number of hydrogen-bond acceptors (Lipinski definition) is 7. The van der Waals surface area contributed by atoms with Gasteiger partial charge in [-0.05, 0) is 12.1 Å². The quantitative estimate of drug-likeness (QED) is 0.416. The number of ketones is 1. The number of carboxylic acid groups (broad SMARTS) is 1. The number of carbonyl (C=O) groups excluding carboxylic acids is 1. The molecule has 34 heavy (non-hydrogen) atoms. The van der Waals surface area contributed by atoms with Crippen LogP contribution in [0.3, 0.4) is 0 Å². The molecule has 1 N–H and O–H groups in total. The molecule has 0 aliphatic carbocycles. The topological polar surface area (TPSA) is 105 Å². The van der Waals surface area contributed by atoms with Gasteiger partial charge in [-0.1, -0.05) is 0 Å². The van der Waals surface area contributed by atoms with Crippen LogP contribution < -0.4 is 14.4 Å². The fourth-order valence-electron chi connectivity index (χ4n) is 3.81. The van der Waals surface area contributed by atoms with Crippen LogP contribution >= 0.6 is 0 Å². The number of fused-ring (bicyclic) bond motifs is 2. The lowest BCUT2D eigenvalue weighted by Crippen LogP contribution is -2.30. The third-order valence-corrected chi connectivity index (χ3v) is 5.47. The van der Waals surface area contributed by atoms with Gasteiger partial charge in [0.2, 0.25) is 5.88 Å². The van der Waals surface area contributed by atoms with E-state index < -0.39 is 11.9 Å². The zero-order valence-electron chi connectivity index (χ0n) is 18.9. The summed E-state index contributed by atoms with van der Waals surface area (Å²) in [5, 5.41) is 10.7. The van der Waals surface area contributed by atoms with Crippen LogP contribution in [0.1, 0.15) is 21.5 Å². The Balaban J connectivity index is 1.84. The van der Waals surface area contributed by atoms with E-state index in [4.69, 9.17) is 9.47 Å². The van der Waals surface area contributed by atoms with E-state index in [9.17, 15) is 19.1 Å². The van der Waals surface area contributed by atoms with Crippen LogP contribution in [-0.2, 0) is 13.0 Å². The average Bonchev–Trinajstić information content (AvgIpc) is 3.30. The first-order valence-corrected chi connectivity index (χ1v) is 10.5. The molecular weight excluding hydrogens is 443 g/mol. The van der Waals surface area contributed by atoms with Gasteiger partial charge in [0.25, 0.3) is 0 Å². The maximum atomic E-state index is 14.7. The maximum absolute atomic E-state index is 14.7. The number of pyridine rings is 2. The second kappa shape index (κ2) is 9.34. The number of methoxy groups -OCH3 is 1. The molecule has 2 aromatic heterocycles. The van der Waals surface area contributed by atoms with Gasteiger partial charge in [0.15, 0.2) is 5.78 Å². The van der Waals surface area contributed by atoms with E-state index in [2.05, 4.69) is 9.97 Å². The van der Waals surface area contributed by atoms with Gasteiger partial charge < -0.3 is 19.5 Å². The van der Waals surface area contributed by atoms with Crippen LogP contribution in [0.2, 0.25) is 0 Å². The molecule has 176 valence electrons. The Morgan fingerprint density at radius 2 is 2.03 bits per heavy atom. The molecule has 0 unspecified atom stereocenters. The minimum absolute atomic E-state index is 0.0294. The number of rotatable bonds is 7. The van der Waals surface area contributed by atoms with Gasteiger partial charge in [0, 0.05) is 78.7 Å². The van der Waals surface area contributed by atoms with Gasteiger partial charge >= 0.3 is 6.09 Å². The molecule has 4 rings (SSSR count). The molecule has 3 heterocycles. The molecule has 1 amide bonds. The molecule has 0 spiro atoms. The van der Waals surface area contributed by atoms with E-state index >= 15 is 0 Å². The molecule has 10 heteroatoms. The van der Waals surface area contributed by atoms with Gasteiger partial charge in [0.1, 0.15) is 17.4 Å². The van der Waals surface area contributed by atoms with Crippen LogP contribution in [0.4, 0.5) is 15.0 Å². The standard InChI is InChI=1S/C24H23FN4O5/c1-28(2)8-6-20(30)16-11-27-23(17-12-26-22(33-3)10-15(16)17)29(24(31)32)13-18-14-7-9-34-21(14)5-4-19(18)25/h4-6,8,10-12H,7,9,13H2,1-3H3,(H,31,32). The normalized spacial score (nSPS) is 12.5. The number of anilines is 1. The van der Waals surface area contributed by atoms with Gasteiger partial charge in [-0.15, -0.1) is 0 Å². The summed E-state index contributed by atoms with van der Waals surface area (Å²) in [6.07, 6.45) is 4.85. The van der Waals surface area contributed by atoms with E-state index in [0.29, 0.717) is 35.1 Å². The minimum atomic E-state index is -1.33. The first kappa shape index (κ1) is 23.0. The Bertz CT molecular complexity index is 1310. The van der Waals surface area contributed by atoms with Crippen LogP contribution in [0.25, 0.3) is 10.8 Å². The molecule has 1 aromatic carbocycles. The van der Waals surface area contributed by atoms with Gasteiger partial charge in [-0.25, -0.2) is 19.2 Å². The highest BCUT2D eigenvalue weighted by Gasteiger charge is 2.27. The number of carbonyl (C=O) groups is 2. The van der Waals surface area contributed by atoms with Crippen molar-refractivity contribution in [2.45, 2.75) is 13.0 Å². The Kier molecular flexibility index (Phi) is 6.31. The SMILES string of the molecule is COc1cc2c(C(=O)C=CN(C)C)cnc(N(Cc3c(F)ccc4c3CCO4)C(=O)O)c2cn1. The number of aromatic nitrogens is 2. The number of amides is 1. The summed E-state index contributed by atoms with van der Waals surface area (Å²) in [4.78, 5) is 36.2. The molecule has 0 atom stereocenters. The van der Waals surface area contributed by atoms with Gasteiger partial charge in [0.05, 0.1) is 20.3 Å². The summed E-state index contributed by atoms with van der Waals surface area (Å²) in [6, 6.07) is 4.35. The van der Waals surface area contributed by atoms with Crippen LogP contribution in [0.15, 0.2) is 42.9 Å². The van der Waals surface area contributed by atoms with Crippen molar-refractivity contribution in [3.05, 3.63) is 65.4 Å². The summed E-state index contributed by atoms with van der Waals surface area (Å²) in [6.45, 7) is 0.122. The summed E-state index contributed by atoms with van der Waals surface area (Å²) < 4.78 is 25.4. The summed E-state index contributed by atoms with van der Waals surface area (Å²) in [5.41, 5.74) is 1.11. The molecule has 0 saturated carbocycles. The second-order valence-corrected chi connectivity index (χ2v) is 7.88. The summed E-state index contributed by atoms with van der Waals surface area (Å²) >= 11 is 0. The Hall–Kier alpha value is -4.21. The number of benzene rings is 1. The molecule has 9 nitrogen and oxygen atoms in total. The van der Waals surface area contributed by atoms with E-state index in [1.807, 2.05) is 0 Å². The van der Waals surface area contributed by atoms with Crippen LogP contribution in [-0.4, -0.2) is 59.7 Å². The van der Waals surface area contributed by atoms with Crippen molar-refractivity contribution >= 4 is 28.5 Å². The molecule has 0 bridgehead atoms. The lowest BCUT2D eigenvalue weighted by atomic mass is 10.0. The van der Waals surface area contributed by atoms with Crippen LogP contribution in [0.5, 0.6) is 11.6 Å². The van der Waals surface area contributed by atoms with E-state index in [1.165, 1.54) is 37.7 Å². The Morgan fingerprint density at radius 3 is 2.74 bits per heavy atom. The first-order valence-electron chi connectivity index (χ1n) is 10.5. The van der Waals surface area contributed by atoms with Crippen molar-refractivity contribution in [3.63, 3.8) is 0 Å². The molecule has 0 fully saturated rings. The maximum Gasteiger partial charge on any atom is 0.413 e. The van der Waals surface area contributed by atoms with Gasteiger partial charge in [-0.3, -0.25) is 9.69 Å². The van der Waals surface area contributed by atoms with E-state index in [1.54, 1.807) is 31.3 Å². The lowest BCUT2D eigenvalue weighted by molar-refractivity contribution is 0.104. The molecule has 1 aliphatic heterocycles. The third kappa shape index (κ3) is 4.34. The predicted octanol–water partition coefficient (Wildman–Crippen LogP) is 3.66. The number of halogens is 1. The molecule has 0 saturated heterocycles. The van der Waals surface area contributed by atoms with Crippen molar-refractivity contribution in [1.82, 2.24) is 14.9 Å². The lowest BCUT2D eigenvalue weighted by Gasteiger charge is -2.22. The Morgan fingerprint density at radius 1 is 1.24 bits per heavy atom. The average molecular weight is 466 g/mol. The molecule has 0 radical (unpaired) electrons. The van der Waals surface area contributed by atoms with Crippen molar-refractivity contribution < 1.29 is 28.6 Å². The van der Waals surface area contributed by atoms with Gasteiger partial charge in [-0.2, -0.15) is 0 Å². The van der Waals surface area contributed by atoms with E-state index in [0.717, 1.165) is 4.90 Å². The highest BCUT2D eigenvalue weighted by Crippen LogP contribution is 2.34. The molecular formula is C24H23FN4O5. The predicted molar refractivity (Wildman–Crippen MR) is 123 cm³/mol. The number of ether oxygens (including phenoxy) is 2. The summed E-state index contributed by atoms with van der Waals surface area (Å²) in [5.74, 6) is -0.0281. The monoisotopic (exact) mass is 466 g/mol. The van der Waals surface area contributed by atoms with Crippen molar-refractivity contribution in [2.24, 2.45) is 0 Å². The highest BCUT2D eigenvalue weighted by atomic mass is 19.1. The smallest absolute Gasteiger partial charge is 0.413 e. The van der Waals surface area contributed by atoms with Crippen molar-refractivity contribution in [1.29, 1.82) is 0 Å². The zero-order chi connectivity index (χ0) is 24.4. The first-order chi connectivity index (χ1) is 16.3. The molecule has 1 aliphatic rings. The largest absolute Gasteiger partial charge is 0.493 e. The van der Waals surface area contributed by atoms with Crippen LogP contribution in [0, 0.1) is 5.82 Å². The summed E-state index contributed by atoms with van der Waals surface area (Å²) in [7, 11) is 5.00. The fourth-order valence-corrected chi connectivity index (χ4v) is 3.81. The number of hydrogen-bond donors (Lipinski definition) is 1. The zero-order valence-corrected chi connectivity index (χ0v) is 18.9. The number of allylic oxidation sites excluding steroid dienone is 1. The highest BCUT2D eigenvalue weighted by molar-refractivity contribution is 6.15.